The minimum absolute atomic E-state index is 0.100. The predicted molar refractivity (Wildman–Crippen MR) is 242 cm³/mol. The van der Waals surface area contributed by atoms with Gasteiger partial charge in [-0.1, -0.05) is 86.6 Å². The third-order valence-corrected chi connectivity index (χ3v) is 13.3. The molecule has 0 radical (unpaired) electrons. The van der Waals surface area contributed by atoms with E-state index in [1.807, 2.05) is 60.3 Å². The van der Waals surface area contributed by atoms with Gasteiger partial charge in [0.15, 0.2) is 0 Å². The van der Waals surface area contributed by atoms with Crippen molar-refractivity contribution in [2.24, 2.45) is 10.9 Å². The number of nitrogens with zero attached hydrogens (tertiary/aromatic N) is 4. The van der Waals surface area contributed by atoms with E-state index in [2.05, 4.69) is 76.3 Å². The summed E-state index contributed by atoms with van der Waals surface area (Å²) >= 11 is 0. The van der Waals surface area contributed by atoms with Crippen molar-refractivity contribution in [2.45, 2.75) is 82.5 Å². The number of allylic oxidation sites excluding steroid dienone is 1. The molecule has 3 N–H and O–H groups in total. The standard InChI is InChI=1S/C50H53N7O6/c1-30(2)44(54-48(60)62-3)46(58)56-23-8-12-43(56)45-52-29-41(53-45)37-20-19-35-25-34(17-18-36(35)26-37)31-13-15-32(16-14-31)38-27-40(51-28-38)42-11-7-24-57(42)47(59)50(55-49(61)63-4)22-21-33-9-5-6-10-39(33)50/h5-6,9-10,13-20,25-26,28-30,42-44H,7-8,11-12,21-24,27H2,1-4H3,(H,52,53)(H,54,60)(H,55,61)/t42-,43-,44-,50?/m0/s1. The monoisotopic (exact) mass is 847 g/mol. The number of aryl methyl sites for hydroxylation is 1. The zero-order valence-electron chi connectivity index (χ0n) is 36.1. The average molecular weight is 848 g/mol. The Kier molecular flexibility index (Phi) is 11.3. The third kappa shape index (κ3) is 7.85. The number of imidazole rings is 1. The number of carbonyl (C=O) groups is 4. The Balaban J connectivity index is 0.855. The number of alkyl carbamates (subject to hydrolysis) is 2. The first-order chi connectivity index (χ1) is 30.6. The second-order valence-electron chi connectivity index (χ2n) is 17.4. The summed E-state index contributed by atoms with van der Waals surface area (Å²) in [4.78, 5) is 69.6. The molecule has 63 heavy (non-hydrogen) atoms. The van der Waals surface area contributed by atoms with Crippen LogP contribution in [0.3, 0.4) is 0 Å². The van der Waals surface area contributed by atoms with Crippen LogP contribution < -0.4 is 10.6 Å². The molecule has 3 aliphatic heterocycles. The Labute approximate surface area is 367 Å². The molecule has 324 valence electrons. The van der Waals surface area contributed by atoms with E-state index in [9.17, 15) is 19.2 Å². The molecule has 13 heteroatoms. The van der Waals surface area contributed by atoms with Gasteiger partial charge in [0.2, 0.25) is 5.91 Å². The molecular formula is C50H53N7O6. The first-order valence-electron chi connectivity index (χ1n) is 21.9. The van der Waals surface area contributed by atoms with Gasteiger partial charge in [0.05, 0.1) is 38.2 Å². The first kappa shape index (κ1) is 41.6. The van der Waals surface area contributed by atoms with E-state index in [-0.39, 0.29) is 29.8 Å². The number of hydrogen-bond acceptors (Lipinski definition) is 8. The third-order valence-electron chi connectivity index (χ3n) is 13.3. The lowest BCUT2D eigenvalue weighted by Crippen LogP contribution is -2.58. The second-order valence-corrected chi connectivity index (χ2v) is 17.4. The van der Waals surface area contributed by atoms with Crippen LogP contribution in [0.5, 0.6) is 0 Å². The maximum absolute atomic E-state index is 14.5. The summed E-state index contributed by atoms with van der Waals surface area (Å²) in [5.41, 5.74) is 8.01. The number of H-pyrrole nitrogens is 1. The van der Waals surface area contributed by atoms with Crippen molar-refractivity contribution in [3.8, 4) is 22.4 Å². The largest absolute Gasteiger partial charge is 0.453 e. The number of ether oxygens (including phenoxy) is 2. The van der Waals surface area contributed by atoms with E-state index in [0.29, 0.717) is 32.4 Å². The molecule has 1 aromatic heterocycles. The van der Waals surface area contributed by atoms with Gasteiger partial charge in [-0.3, -0.25) is 14.6 Å². The van der Waals surface area contributed by atoms with E-state index < -0.39 is 23.8 Å². The number of nitrogens with one attached hydrogen (secondary N) is 3. The van der Waals surface area contributed by atoms with Crippen LogP contribution in [0.15, 0.2) is 102 Å². The van der Waals surface area contributed by atoms with Crippen molar-refractivity contribution >= 4 is 46.1 Å². The highest BCUT2D eigenvalue weighted by Crippen LogP contribution is 2.41. The fourth-order valence-electron chi connectivity index (χ4n) is 9.99. The van der Waals surface area contributed by atoms with Gasteiger partial charge in [-0.05, 0) is 101 Å². The molecule has 5 aromatic rings. The van der Waals surface area contributed by atoms with Crippen molar-refractivity contribution in [2.75, 3.05) is 27.3 Å². The molecule has 4 amide bonds. The van der Waals surface area contributed by atoms with Crippen LogP contribution in [0.25, 0.3) is 38.7 Å². The summed E-state index contributed by atoms with van der Waals surface area (Å²) in [6, 6.07) is 28.2. The number of hydrogen-bond donors (Lipinski definition) is 3. The number of carbonyl (C=O) groups excluding carboxylic acids is 4. The van der Waals surface area contributed by atoms with Crippen molar-refractivity contribution < 1.29 is 28.7 Å². The number of benzene rings is 4. The molecule has 0 bridgehead atoms. The fourth-order valence-corrected chi connectivity index (χ4v) is 9.99. The summed E-state index contributed by atoms with van der Waals surface area (Å²) in [6.07, 6.45) is 7.70. The lowest BCUT2D eigenvalue weighted by atomic mass is 9.89. The number of methoxy groups -OCH3 is 2. The quantitative estimate of drug-likeness (QED) is 0.128. The molecule has 4 atom stereocenters. The van der Waals surface area contributed by atoms with Crippen LogP contribution in [0.4, 0.5) is 9.59 Å². The van der Waals surface area contributed by atoms with E-state index in [0.717, 1.165) is 92.6 Å². The summed E-state index contributed by atoms with van der Waals surface area (Å²) in [5.74, 6) is 0.391. The maximum Gasteiger partial charge on any atom is 0.407 e. The maximum atomic E-state index is 14.5. The van der Waals surface area contributed by atoms with Crippen molar-refractivity contribution in [3.05, 3.63) is 120 Å². The number of likely N-dealkylation sites (tertiary alicyclic amines) is 2. The summed E-state index contributed by atoms with van der Waals surface area (Å²) in [6.45, 7) is 5.02. The molecule has 1 unspecified atom stereocenters. The molecular weight excluding hydrogens is 795 g/mol. The van der Waals surface area contributed by atoms with E-state index in [1.165, 1.54) is 14.2 Å². The van der Waals surface area contributed by atoms with Gasteiger partial charge in [-0.2, -0.15) is 0 Å². The van der Waals surface area contributed by atoms with Gasteiger partial charge in [0.1, 0.15) is 17.4 Å². The fraction of sp³-hybridized carbons (Fsp3) is 0.360. The molecule has 4 aromatic carbocycles. The molecule has 9 rings (SSSR count). The Morgan fingerprint density at radius 3 is 2.21 bits per heavy atom. The van der Waals surface area contributed by atoms with Gasteiger partial charge in [-0.15, -0.1) is 0 Å². The van der Waals surface area contributed by atoms with Crippen LogP contribution in [0, 0.1) is 5.92 Å². The van der Waals surface area contributed by atoms with Crippen LogP contribution >= 0.6 is 0 Å². The number of rotatable bonds is 10. The van der Waals surface area contributed by atoms with E-state index >= 15 is 0 Å². The zero-order chi connectivity index (χ0) is 43.8. The smallest absolute Gasteiger partial charge is 0.407 e. The molecule has 0 saturated carbocycles. The van der Waals surface area contributed by atoms with Crippen molar-refractivity contribution in [3.63, 3.8) is 0 Å². The highest BCUT2D eigenvalue weighted by atomic mass is 16.5. The lowest BCUT2D eigenvalue weighted by Gasteiger charge is -2.36. The number of fused-ring (bicyclic) bond motifs is 2. The highest BCUT2D eigenvalue weighted by molar-refractivity contribution is 6.05. The van der Waals surface area contributed by atoms with Gasteiger partial charge in [0, 0.05) is 37.0 Å². The topological polar surface area (TPSA) is 158 Å². The van der Waals surface area contributed by atoms with Crippen LogP contribution in [0.1, 0.15) is 80.9 Å². The molecule has 2 fully saturated rings. The second kappa shape index (κ2) is 17.2. The minimum Gasteiger partial charge on any atom is -0.453 e. The van der Waals surface area contributed by atoms with Gasteiger partial charge >= 0.3 is 12.2 Å². The summed E-state index contributed by atoms with van der Waals surface area (Å²) in [5, 5.41) is 7.87. The highest BCUT2D eigenvalue weighted by Gasteiger charge is 2.51. The molecule has 0 spiro atoms. The number of amides is 4. The van der Waals surface area contributed by atoms with Crippen LogP contribution in [-0.2, 0) is 31.0 Å². The average Bonchev–Trinajstić information content (AvgIpc) is 4.17. The van der Waals surface area contributed by atoms with E-state index in [1.54, 1.807) is 0 Å². The van der Waals surface area contributed by atoms with Gasteiger partial charge in [0.25, 0.3) is 5.91 Å². The SMILES string of the molecule is COC(=O)N[C@H](C(=O)N1CCC[C@H]1c1ncc(-c2ccc3cc(-c4ccc(C5=CN=C([C@@H]6CCCN6C(=O)C6(NC(=O)OC)CCc7ccccc76)C5)cc4)ccc3c2)[nH]1)C(C)C. The molecule has 13 nitrogen and oxygen atoms in total. The van der Waals surface area contributed by atoms with Crippen molar-refractivity contribution in [1.82, 2.24) is 30.4 Å². The number of aromatic nitrogens is 2. The predicted octanol–water partition coefficient (Wildman–Crippen LogP) is 8.32. The van der Waals surface area contributed by atoms with Crippen LogP contribution in [-0.4, -0.2) is 88.9 Å². The number of aromatic amines is 1. The van der Waals surface area contributed by atoms with E-state index in [4.69, 9.17) is 19.5 Å². The Hall–Kier alpha value is -6.76. The normalized spacial score (nSPS) is 21.0. The van der Waals surface area contributed by atoms with Crippen LogP contribution in [0.2, 0.25) is 0 Å². The zero-order valence-corrected chi connectivity index (χ0v) is 36.1. The molecule has 1 aliphatic carbocycles. The Morgan fingerprint density at radius 2 is 1.46 bits per heavy atom. The Bertz CT molecular complexity index is 2650. The molecule has 2 saturated heterocycles. The minimum atomic E-state index is -1.17. The summed E-state index contributed by atoms with van der Waals surface area (Å²) < 4.78 is 9.77. The molecule has 4 aliphatic rings. The van der Waals surface area contributed by atoms with Crippen molar-refractivity contribution in [1.29, 1.82) is 0 Å². The Morgan fingerprint density at radius 1 is 0.794 bits per heavy atom. The lowest BCUT2D eigenvalue weighted by molar-refractivity contribution is -0.138. The molecule has 4 heterocycles. The van der Waals surface area contributed by atoms with Gasteiger partial charge in [-0.25, -0.2) is 14.6 Å². The summed E-state index contributed by atoms with van der Waals surface area (Å²) in [7, 11) is 2.62. The van der Waals surface area contributed by atoms with Gasteiger partial charge < -0.3 is 34.9 Å². The number of aliphatic imine (C=N–C) groups is 1. The first-order valence-corrected chi connectivity index (χ1v) is 21.9.